The highest BCUT2D eigenvalue weighted by atomic mass is 16.2. The Morgan fingerprint density at radius 1 is 1.36 bits per heavy atom. The van der Waals surface area contributed by atoms with Crippen LogP contribution in [0.1, 0.15) is 6.92 Å². The third-order valence-corrected chi connectivity index (χ3v) is 1.43. The Kier molecular flexibility index (Phi) is 1.06. The normalized spacial score (nSPS) is 20.8. The van der Waals surface area contributed by atoms with E-state index in [1.165, 1.54) is 6.21 Å². The molecule has 11 heavy (non-hydrogen) atoms. The molecule has 0 aromatic carbocycles. The molecule has 0 aliphatic carbocycles. The molecule has 2 heterocycles. The molecular weight excluding hydrogens is 144 g/mol. The molecule has 0 saturated carbocycles. The van der Waals surface area contributed by atoms with Gasteiger partial charge in [-0.3, -0.25) is 0 Å². The van der Waals surface area contributed by atoms with Crippen molar-refractivity contribution in [1.29, 1.82) is 0 Å². The van der Waals surface area contributed by atoms with Crippen LogP contribution in [-0.2, 0) is 0 Å². The molecule has 5 nitrogen and oxygen atoms in total. The number of urea groups is 1. The summed E-state index contributed by atoms with van der Waals surface area (Å²) in [5, 5.41) is 7.42. The molecule has 0 bridgehead atoms. The molecule has 54 valence electrons. The number of azo groups is 1. The highest BCUT2D eigenvalue weighted by Gasteiger charge is 2.19. The summed E-state index contributed by atoms with van der Waals surface area (Å²) in [6.45, 7) is 1.79. The standard InChI is InChI=1S/C6H4N4O/c1-3-4-2-7-6(11)8-5(4)10-9-3/h2H,1H3. The van der Waals surface area contributed by atoms with E-state index < -0.39 is 6.03 Å². The zero-order valence-corrected chi connectivity index (χ0v) is 5.77. The molecule has 0 aromatic rings. The van der Waals surface area contributed by atoms with Crippen molar-refractivity contribution in [3.8, 4) is 0 Å². The van der Waals surface area contributed by atoms with Gasteiger partial charge in [-0.25, -0.2) is 4.79 Å². The Hall–Kier alpha value is -1.65. The lowest BCUT2D eigenvalue weighted by Gasteiger charge is -1.97. The summed E-state index contributed by atoms with van der Waals surface area (Å²) in [5.74, 6) is 0.377. The van der Waals surface area contributed by atoms with Crippen LogP contribution in [0.3, 0.4) is 0 Å². The van der Waals surface area contributed by atoms with E-state index in [1.807, 2.05) is 0 Å². The highest BCUT2D eigenvalue weighted by molar-refractivity contribution is 6.23. The fourth-order valence-electron chi connectivity index (χ4n) is 0.865. The van der Waals surface area contributed by atoms with Gasteiger partial charge in [-0.15, -0.1) is 5.11 Å². The summed E-state index contributed by atoms with van der Waals surface area (Å²) in [7, 11) is 0. The fourth-order valence-corrected chi connectivity index (χ4v) is 0.865. The topological polar surface area (TPSA) is 66.5 Å². The third kappa shape index (κ3) is 0.813. The van der Waals surface area contributed by atoms with Crippen molar-refractivity contribution in [2.45, 2.75) is 6.92 Å². The van der Waals surface area contributed by atoms with Gasteiger partial charge in [-0.2, -0.15) is 15.1 Å². The SMILES string of the molecule is CC1=C2C=NC(=O)N=C2N=N1. The number of carbonyl (C=O) groups excluding carboxylic acids is 1. The maximum Gasteiger partial charge on any atom is 0.369 e. The highest BCUT2D eigenvalue weighted by Crippen LogP contribution is 2.17. The molecule has 0 aromatic heterocycles. The molecule has 5 heteroatoms. The van der Waals surface area contributed by atoms with E-state index in [0.717, 1.165) is 11.3 Å². The van der Waals surface area contributed by atoms with Gasteiger partial charge < -0.3 is 0 Å². The second kappa shape index (κ2) is 1.91. The number of fused-ring (bicyclic) bond motifs is 1. The van der Waals surface area contributed by atoms with Gasteiger partial charge >= 0.3 is 6.03 Å². The zero-order valence-electron chi connectivity index (χ0n) is 5.77. The smallest absolute Gasteiger partial charge is 0.244 e. The molecular formula is C6H4N4O. The van der Waals surface area contributed by atoms with E-state index in [-0.39, 0.29) is 0 Å². The van der Waals surface area contributed by atoms with Crippen LogP contribution in [0.5, 0.6) is 0 Å². The number of rotatable bonds is 0. The molecule has 0 unspecified atom stereocenters. The van der Waals surface area contributed by atoms with Gasteiger partial charge in [0.25, 0.3) is 0 Å². The first-order valence-corrected chi connectivity index (χ1v) is 3.07. The average molecular weight is 148 g/mol. The number of amidine groups is 1. The quantitative estimate of drug-likeness (QED) is 0.511. The van der Waals surface area contributed by atoms with Crippen LogP contribution in [0.25, 0.3) is 0 Å². The van der Waals surface area contributed by atoms with Gasteiger partial charge in [0.15, 0.2) is 5.84 Å². The number of carbonyl (C=O) groups is 1. The summed E-state index contributed by atoms with van der Waals surface area (Å²) < 4.78 is 0. The third-order valence-electron chi connectivity index (χ3n) is 1.43. The van der Waals surface area contributed by atoms with Crippen molar-refractivity contribution in [3.63, 3.8) is 0 Å². The zero-order chi connectivity index (χ0) is 7.84. The first-order chi connectivity index (χ1) is 5.27. The van der Waals surface area contributed by atoms with Crippen molar-refractivity contribution in [3.05, 3.63) is 11.3 Å². The molecule has 0 atom stereocenters. The van der Waals surface area contributed by atoms with E-state index in [4.69, 9.17) is 0 Å². The van der Waals surface area contributed by atoms with Gasteiger partial charge in [0, 0.05) is 6.21 Å². The van der Waals surface area contributed by atoms with Crippen LogP contribution >= 0.6 is 0 Å². The summed E-state index contributed by atoms with van der Waals surface area (Å²) in [6.07, 6.45) is 1.44. The first-order valence-electron chi connectivity index (χ1n) is 3.07. The molecule has 2 amide bonds. The maximum atomic E-state index is 10.6. The lowest BCUT2D eigenvalue weighted by molar-refractivity contribution is 0.257. The predicted octanol–water partition coefficient (Wildman–Crippen LogP) is 1.33. The van der Waals surface area contributed by atoms with Crippen LogP contribution in [0.4, 0.5) is 4.79 Å². The second-order valence-electron chi connectivity index (χ2n) is 2.18. The Morgan fingerprint density at radius 2 is 2.18 bits per heavy atom. The lowest BCUT2D eigenvalue weighted by Crippen LogP contribution is -2.07. The van der Waals surface area contributed by atoms with Crippen LogP contribution < -0.4 is 0 Å². The van der Waals surface area contributed by atoms with Gasteiger partial charge in [0.1, 0.15) is 0 Å². The van der Waals surface area contributed by atoms with Crippen LogP contribution in [0.2, 0.25) is 0 Å². The van der Waals surface area contributed by atoms with Crippen molar-refractivity contribution >= 4 is 18.1 Å². The van der Waals surface area contributed by atoms with E-state index in [0.29, 0.717) is 5.84 Å². The molecule has 2 aliphatic rings. The average Bonchev–Trinajstić information content (AvgIpc) is 2.32. The van der Waals surface area contributed by atoms with Crippen molar-refractivity contribution in [1.82, 2.24) is 0 Å². The van der Waals surface area contributed by atoms with Crippen LogP contribution in [-0.4, -0.2) is 18.1 Å². The van der Waals surface area contributed by atoms with Crippen LogP contribution in [0, 0.1) is 0 Å². The van der Waals surface area contributed by atoms with Gasteiger partial charge in [-0.1, -0.05) is 0 Å². The van der Waals surface area contributed by atoms with Crippen LogP contribution in [0.15, 0.2) is 31.5 Å². The predicted molar refractivity (Wildman–Crippen MR) is 38.9 cm³/mol. The van der Waals surface area contributed by atoms with E-state index in [2.05, 4.69) is 20.2 Å². The lowest BCUT2D eigenvalue weighted by atomic mass is 10.2. The summed E-state index contributed by atoms with van der Waals surface area (Å²) in [6, 6.07) is -0.516. The van der Waals surface area contributed by atoms with Crippen molar-refractivity contribution in [2.24, 2.45) is 20.2 Å². The van der Waals surface area contributed by atoms with E-state index in [1.54, 1.807) is 6.92 Å². The van der Waals surface area contributed by atoms with Crippen molar-refractivity contribution in [2.75, 3.05) is 0 Å². The number of allylic oxidation sites excluding steroid dienone is 1. The number of nitrogens with zero attached hydrogens (tertiary/aromatic N) is 4. The summed E-state index contributed by atoms with van der Waals surface area (Å²) in [5.41, 5.74) is 1.49. The number of amides is 2. The van der Waals surface area contributed by atoms with Crippen molar-refractivity contribution < 1.29 is 4.79 Å². The maximum absolute atomic E-state index is 10.6. The fraction of sp³-hybridized carbons (Fsp3) is 0.167. The summed E-state index contributed by atoms with van der Waals surface area (Å²) in [4.78, 5) is 17.7. The minimum Gasteiger partial charge on any atom is -0.244 e. The first kappa shape index (κ1) is 6.09. The molecule has 0 fully saturated rings. The van der Waals surface area contributed by atoms with Gasteiger partial charge in [0.2, 0.25) is 0 Å². The number of hydrogen-bond donors (Lipinski definition) is 0. The molecule has 2 rings (SSSR count). The summed E-state index contributed by atoms with van der Waals surface area (Å²) >= 11 is 0. The Bertz CT molecular complexity index is 348. The monoisotopic (exact) mass is 148 g/mol. The van der Waals surface area contributed by atoms with Gasteiger partial charge in [-0.05, 0) is 6.92 Å². The van der Waals surface area contributed by atoms with Gasteiger partial charge in [0.05, 0.1) is 11.3 Å². The Balaban J connectivity index is 2.55. The largest absolute Gasteiger partial charge is 0.369 e. The Morgan fingerprint density at radius 3 is 3.00 bits per heavy atom. The minimum atomic E-state index is -0.516. The number of hydrogen-bond acceptors (Lipinski definition) is 3. The molecule has 0 spiro atoms. The molecule has 2 aliphatic heterocycles. The van der Waals surface area contributed by atoms with E-state index in [9.17, 15) is 4.79 Å². The molecule has 0 radical (unpaired) electrons. The minimum absolute atomic E-state index is 0.377. The molecule has 0 N–H and O–H groups in total. The number of aliphatic imine (C=N–C) groups is 2. The molecule has 0 saturated heterocycles. The Labute approximate surface area is 62.3 Å². The van der Waals surface area contributed by atoms with E-state index >= 15 is 0 Å². The second-order valence-corrected chi connectivity index (χ2v) is 2.18.